The van der Waals surface area contributed by atoms with E-state index in [1.165, 1.54) is 0 Å². The highest BCUT2D eigenvalue weighted by Crippen LogP contribution is 2.49. The Hall–Kier alpha value is -2.48. The Labute approximate surface area is 196 Å². The molecule has 0 unspecified atom stereocenters. The van der Waals surface area contributed by atoms with Crippen molar-refractivity contribution in [2.24, 2.45) is 0 Å². The molecule has 0 atom stereocenters. The van der Waals surface area contributed by atoms with Gasteiger partial charge in [0.15, 0.2) is 17.3 Å². The fourth-order valence-corrected chi connectivity index (χ4v) is 4.65. The Morgan fingerprint density at radius 2 is 1.59 bits per heavy atom. The highest BCUT2D eigenvalue weighted by molar-refractivity contribution is 9.10. The van der Waals surface area contributed by atoms with Crippen LogP contribution in [0.25, 0.3) is 10.8 Å². The van der Waals surface area contributed by atoms with Crippen molar-refractivity contribution in [1.29, 1.82) is 0 Å². The molecule has 0 radical (unpaired) electrons. The van der Waals surface area contributed by atoms with Gasteiger partial charge in [-0.05, 0) is 40.0 Å². The number of benzene rings is 3. The van der Waals surface area contributed by atoms with Crippen molar-refractivity contribution in [2.75, 3.05) is 34.5 Å². The standard InChI is InChI=1S/C25H27BrO6/c1-25(31-10-11-32-25)14-17-12-18-21(24(29-4)22(17)26)19(13-20(27-2)23(18)28-3)30-15-16-8-6-5-7-9-16/h5-9,12-13H,10-11,14-15H2,1-4H3. The highest BCUT2D eigenvalue weighted by atomic mass is 79.9. The van der Waals surface area contributed by atoms with E-state index in [0.29, 0.717) is 49.2 Å². The molecule has 1 heterocycles. The van der Waals surface area contributed by atoms with Crippen LogP contribution in [0, 0.1) is 0 Å². The number of fused-ring (bicyclic) bond motifs is 1. The smallest absolute Gasteiger partial charge is 0.169 e. The van der Waals surface area contributed by atoms with Crippen LogP contribution in [0.5, 0.6) is 23.0 Å². The monoisotopic (exact) mass is 502 g/mol. The van der Waals surface area contributed by atoms with Gasteiger partial charge in [-0.25, -0.2) is 0 Å². The second kappa shape index (κ2) is 9.57. The molecule has 6 nitrogen and oxygen atoms in total. The molecular weight excluding hydrogens is 476 g/mol. The first-order valence-electron chi connectivity index (χ1n) is 10.4. The average molecular weight is 503 g/mol. The molecule has 3 aromatic carbocycles. The minimum Gasteiger partial charge on any atom is -0.495 e. The molecule has 7 heteroatoms. The molecule has 1 saturated heterocycles. The van der Waals surface area contributed by atoms with Crippen LogP contribution < -0.4 is 18.9 Å². The van der Waals surface area contributed by atoms with Crippen molar-refractivity contribution in [1.82, 2.24) is 0 Å². The molecule has 1 aliphatic rings. The van der Waals surface area contributed by atoms with Gasteiger partial charge in [-0.15, -0.1) is 0 Å². The molecule has 0 spiro atoms. The second-order valence-corrected chi connectivity index (χ2v) is 8.49. The molecule has 0 aliphatic carbocycles. The lowest BCUT2D eigenvalue weighted by Gasteiger charge is -2.25. The fraction of sp³-hybridized carbons (Fsp3) is 0.360. The highest BCUT2D eigenvalue weighted by Gasteiger charge is 2.33. The van der Waals surface area contributed by atoms with Gasteiger partial charge in [0.05, 0.1) is 44.4 Å². The minimum absolute atomic E-state index is 0.410. The van der Waals surface area contributed by atoms with Crippen LogP contribution in [0.2, 0.25) is 0 Å². The Morgan fingerprint density at radius 1 is 0.906 bits per heavy atom. The third-order valence-corrected chi connectivity index (χ3v) is 6.42. The Kier molecular flexibility index (Phi) is 6.79. The van der Waals surface area contributed by atoms with Crippen LogP contribution in [-0.4, -0.2) is 40.3 Å². The second-order valence-electron chi connectivity index (χ2n) is 7.70. The molecule has 1 aliphatic heterocycles. The van der Waals surface area contributed by atoms with Crippen LogP contribution in [0.4, 0.5) is 0 Å². The average Bonchev–Trinajstić information content (AvgIpc) is 3.24. The lowest BCUT2D eigenvalue weighted by molar-refractivity contribution is -0.140. The Bertz CT molecular complexity index is 1090. The molecule has 1 fully saturated rings. The summed E-state index contributed by atoms with van der Waals surface area (Å²) < 4.78 is 36.0. The van der Waals surface area contributed by atoms with Crippen molar-refractivity contribution >= 4 is 26.7 Å². The molecule has 0 aromatic heterocycles. The van der Waals surface area contributed by atoms with Gasteiger partial charge in [0.1, 0.15) is 18.1 Å². The van der Waals surface area contributed by atoms with Gasteiger partial charge in [0.25, 0.3) is 0 Å². The van der Waals surface area contributed by atoms with E-state index >= 15 is 0 Å². The Balaban J connectivity index is 1.87. The third kappa shape index (κ3) is 4.37. The first kappa shape index (κ1) is 22.7. The quantitative estimate of drug-likeness (QED) is 0.404. The minimum atomic E-state index is -0.694. The van der Waals surface area contributed by atoms with Crippen molar-refractivity contribution in [3.63, 3.8) is 0 Å². The topological polar surface area (TPSA) is 55.4 Å². The number of rotatable bonds is 8. The molecule has 170 valence electrons. The summed E-state index contributed by atoms with van der Waals surface area (Å²) in [6.45, 7) is 3.51. The van der Waals surface area contributed by atoms with Crippen molar-refractivity contribution in [3.05, 3.63) is 58.1 Å². The van der Waals surface area contributed by atoms with E-state index in [0.717, 1.165) is 26.4 Å². The maximum atomic E-state index is 6.25. The maximum absolute atomic E-state index is 6.25. The lowest BCUT2D eigenvalue weighted by Crippen LogP contribution is -2.28. The lowest BCUT2D eigenvalue weighted by atomic mass is 9.99. The number of ether oxygens (including phenoxy) is 6. The van der Waals surface area contributed by atoms with E-state index in [9.17, 15) is 0 Å². The summed E-state index contributed by atoms with van der Waals surface area (Å²) in [4.78, 5) is 0. The molecular formula is C25H27BrO6. The SMILES string of the molecule is COc1cc(OCc2ccccc2)c2c(OC)c(Br)c(CC3(C)OCCO3)cc2c1OC. The Morgan fingerprint density at radius 3 is 2.22 bits per heavy atom. The molecule has 32 heavy (non-hydrogen) atoms. The number of hydrogen-bond acceptors (Lipinski definition) is 6. The van der Waals surface area contributed by atoms with E-state index < -0.39 is 5.79 Å². The largest absolute Gasteiger partial charge is 0.495 e. The summed E-state index contributed by atoms with van der Waals surface area (Å²) >= 11 is 3.74. The molecule has 4 rings (SSSR count). The van der Waals surface area contributed by atoms with E-state index in [1.807, 2.05) is 43.3 Å². The van der Waals surface area contributed by atoms with Gasteiger partial charge in [0, 0.05) is 17.9 Å². The van der Waals surface area contributed by atoms with Gasteiger partial charge in [0.2, 0.25) is 0 Å². The van der Waals surface area contributed by atoms with Crippen LogP contribution in [0.1, 0.15) is 18.1 Å². The van der Waals surface area contributed by atoms with Crippen LogP contribution in [0.3, 0.4) is 0 Å². The summed E-state index contributed by atoms with van der Waals surface area (Å²) in [5, 5.41) is 1.63. The first-order chi connectivity index (χ1) is 15.5. The van der Waals surface area contributed by atoms with Gasteiger partial charge < -0.3 is 28.4 Å². The zero-order chi connectivity index (χ0) is 22.7. The van der Waals surface area contributed by atoms with Gasteiger partial charge in [-0.3, -0.25) is 0 Å². The van der Waals surface area contributed by atoms with Crippen molar-refractivity contribution < 1.29 is 28.4 Å². The summed E-state index contributed by atoms with van der Waals surface area (Å²) in [5.41, 5.74) is 2.04. The van der Waals surface area contributed by atoms with Gasteiger partial charge in [-0.1, -0.05) is 30.3 Å². The number of hydrogen-bond donors (Lipinski definition) is 0. The van der Waals surface area contributed by atoms with Crippen LogP contribution >= 0.6 is 15.9 Å². The van der Waals surface area contributed by atoms with Crippen molar-refractivity contribution in [2.45, 2.75) is 25.7 Å². The van der Waals surface area contributed by atoms with E-state index in [2.05, 4.69) is 22.0 Å². The predicted octanol–water partition coefficient (Wildman–Crippen LogP) is 5.51. The fourth-order valence-electron chi connectivity index (χ4n) is 4.04. The third-order valence-electron chi connectivity index (χ3n) is 5.55. The number of halogens is 1. The summed E-state index contributed by atoms with van der Waals surface area (Å²) in [6, 6.07) is 13.9. The zero-order valence-electron chi connectivity index (χ0n) is 18.7. The van der Waals surface area contributed by atoms with E-state index in [4.69, 9.17) is 28.4 Å². The normalized spacial score (nSPS) is 15.0. The predicted molar refractivity (Wildman–Crippen MR) is 126 cm³/mol. The molecule has 0 N–H and O–H groups in total. The van der Waals surface area contributed by atoms with Crippen LogP contribution in [-0.2, 0) is 22.5 Å². The molecule has 0 amide bonds. The van der Waals surface area contributed by atoms with Gasteiger partial charge >= 0.3 is 0 Å². The van der Waals surface area contributed by atoms with E-state index in [1.54, 1.807) is 21.3 Å². The first-order valence-corrected chi connectivity index (χ1v) is 11.2. The van der Waals surface area contributed by atoms with E-state index in [-0.39, 0.29) is 0 Å². The summed E-state index contributed by atoms with van der Waals surface area (Å²) in [7, 11) is 4.88. The van der Waals surface area contributed by atoms with Crippen LogP contribution in [0.15, 0.2) is 46.9 Å². The molecule has 0 saturated carbocycles. The summed E-state index contributed by atoms with van der Waals surface area (Å²) in [6.07, 6.45) is 0.542. The summed E-state index contributed by atoms with van der Waals surface area (Å²) in [5.74, 6) is 1.80. The zero-order valence-corrected chi connectivity index (χ0v) is 20.3. The molecule has 0 bridgehead atoms. The maximum Gasteiger partial charge on any atom is 0.169 e. The van der Waals surface area contributed by atoms with Gasteiger partial charge in [-0.2, -0.15) is 0 Å². The number of methoxy groups -OCH3 is 3. The molecule has 3 aromatic rings. The van der Waals surface area contributed by atoms with Crippen molar-refractivity contribution in [3.8, 4) is 23.0 Å².